The number of ketones is 1. The fourth-order valence-corrected chi connectivity index (χ4v) is 4.10. The highest BCUT2D eigenvalue weighted by Crippen LogP contribution is 2.38. The minimum Gasteiger partial charge on any atom is -0.382 e. The second-order valence-electron chi connectivity index (χ2n) is 6.66. The minimum absolute atomic E-state index is 0.0776. The number of nitrogens with two attached hydrogens (primary N) is 2. The van der Waals surface area contributed by atoms with Crippen molar-refractivity contribution in [2.45, 2.75) is 19.1 Å². The number of thiazole rings is 1. The third kappa shape index (κ3) is 4.68. The Morgan fingerprint density at radius 2 is 1.78 bits per heavy atom. The first-order valence-electron chi connectivity index (χ1n) is 8.92. The van der Waals surface area contributed by atoms with Gasteiger partial charge in [-0.2, -0.15) is 13.2 Å². The quantitative estimate of drug-likeness (QED) is 0.385. The zero-order valence-corrected chi connectivity index (χ0v) is 17.9. The summed E-state index contributed by atoms with van der Waals surface area (Å²) in [6.07, 6.45) is -4.76. The van der Waals surface area contributed by atoms with Crippen molar-refractivity contribution in [1.82, 2.24) is 4.98 Å². The Bertz CT molecular complexity index is 1180. The molecule has 0 saturated carbocycles. The molecular formula is C20H15ClF4N4O2S. The normalized spacial score (nSPS) is 12.4. The summed E-state index contributed by atoms with van der Waals surface area (Å²) in [5.74, 6) is -2.30. The molecule has 168 valence electrons. The molecule has 1 atom stereocenters. The molecule has 0 aliphatic carbocycles. The van der Waals surface area contributed by atoms with Gasteiger partial charge in [-0.15, -0.1) is 0 Å². The maximum absolute atomic E-state index is 13.3. The first-order chi connectivity index (χ1) is 14.9. The van der Waals surface area contributed by atoms with E-state index in [1.54, 1.807) is 0 Å². The van der Waals surface area contributed by atoms with Crippen LogP contribution in [0, 0.1) is 5.82 Å². The van der Waals surface area contributed by atoms with E-state index in [-0.39, 0.29) is 21.4 Å². The van der Waals surface area contributed by atoms with Gasteiger partial charge in [-0.25, -0.2) is 9.37 Å². The predicted molar refractivity (Wildman–Crippen MR) is 114 cm³/mol. The standard InChI is InChI=1S/C20H15ClF4N4O2S/c1-9(18(27)31)29(12-5-3-11(22)4-6-12)19-28-17(26)16(32-19)15(30)10-2-7-14(21)13(8-10)20(23,24)25/h2-9H,26H2,1H3,(H2,27,31). The van der Waals surface area contributed by atoms with Crippen LogP contribution in [0.2, 0.25) is 5.02 Å². The van der Waals surface area contributed by atoms with Gasteiger partial charge in [0.25, 0.3) is 0 Å². The second-order valence-corrected chi connectivity index (χ2v) is 8.04. The summed E-state index contributed by atoms with van der Waals surface area (Å²) in [6, 6.07) is 6.86. The summed E-state index contributed by atoms with van der Waals surface area (Å²) < 4.78 is 52.8. The Morgan fingerprint density at radius 1 is 1.16 bits per heavy atom. The number of carbonyl (C=O) groups is 2. The molecule has 1 unspecified atom stereocenters. The second kappa shape index (κ2) is 8.75. The first kappa shape index (κ1) is 23.5. The molecule has 0 radical (unpaired) electrons. The number of hydrogen-bond acceptors (Lipinski definition) is 6. The third-order valence-corrected chi connectivity index (χ3v) is 5.89. The molecule has 2 aromatic carbocycles. The number of alkyl halides is 3. The number of anilines is 3. The Morgan fingerprint density at radius 3 is 2.34 bits per heavy atom. The van der Waals surface area contributed by atoms with E-state index in [9.17, 15) is 27.2 Å². The summed E-state index contributed by atoms with van der Waals surface area (Å²) >= 11 is 6.37. The van der Waals surface area contributed by atoms with Crippen molar-refractivity contribution in [3.8, 4) is 0 Å². The molecule has 6 nitrogen and oxygen atoms in total. The van der Waals surface area contributed by atoms with Gasteiger partial charge in [-0.3, -0.25) is 9.59 Å². The lowest BCUT2D eigenvalue weighted by Crippen LogP contribution is -2.39. The van der Waals surface area contributed by atoms with E-state index in [0.29, 0.717) is 11.8 Å². The van der Waals surface area contributed by atoms with Crippen LogP contribution < -0.4 is 16.4 Å². The number of aromatic nitrogens is 1. The number of halogens is 5. The molecule has 0 aliphatic rings. The average molecular weight is 487 g/mol. The van der Waals surface area contributed by atoms with Crippen molar-refractivity contribution in [3.63, 3.8) is 0 Å². The van der Waals surface area contributed by atoms with Crippen LogP contribution in [-0.2, 0) is 11.0 Å². The lowest BCUT2D eigenvalue weighted by molar-refractivity contribution is -0.137. The van der Waals surface area contributed by atoms with Gasteiger partial charge in [0.05, 0.1) is 10.6 Å². The van der Waals surface area contributed by atoms with Crippen LogP contribution in [0.5, 0.6) is 0 Å². The van der Waals surface area contributed by atoms with Crippen molar-refractivity contribution in [3.05, 3.63) is 69.3 Å². The number of hydrogen-bond donors (Lipinski definition) is 2. The zero-order chi connectivity index (χ0) is 23.8. The number of rotatable bonds is 6. The Balaban J connectivity index is 2.06. The molecular weight excluding hydrogens is 472 g/mol. The number of amides is 1. The van der Waals surface area contributed by atoms with Crippen molar-refractivity contribution >= 4 is 51.3 Å². The van der Waals surface area contributed by atoms with E-state index in [4.69, 9.17) is 23.1 Å². The molecule has 12 heteroatoms. The molecule has 1 amide bonds. The van der Waals surface area contributed by atoms with E-state index in [1.807, 2.05) is 0 Å². The summed E-state index contributed by atoms with van der Waals surface area (Å²) in [5, 5.41) is -0.474. The van der Waals surface area contributed by atoms with Gasteiger partial charge in [-0.1, -0.05) is 22.9 Å². The van der Waals surface area contributed by atoms with E-state index in [0.717, 1.165) is 35.6 Å². The van der Waals surface area contributed by atoms with Crippen LogP contribution in [0.4, 0.5) is 34.2 Å². The predicted octanol–water partition coefficient (Wildman–Crippen LogP) is 4.78. The molecule has 4 N–H and O–H groups in total. The topological polar surface area (TPSA) is 102 Å². The number of nitrogen functional groups attached to an aromatic ring is 1. The molecule has 0 bridgehead atoms. The molecule has 1 heterocycles. The largest absolute Gasteiger partial charge is 0.417 e. The molecule has 1 aromatic heterocycles. The molecule has 3 rings (SSSR count). The van der Waals surface area contributed by atoms with Gasteiger partial charge >= 0.3 is 6.18 Å². The first-order valence-corrected chi connectivity index (χ1v) is 10.1. The smallest absolute Gasteiger partial charge is 0.382 e. The van der Waals surface area contributed by atoms with Crippen LogP contribution in [0.15, 0.2) is 42.5 Å². The van der Waals surface area contributed by atoms with Crippen molar-refractivity contribution in [1.29, 1.82) is 0 Å². The number of nitrogens with zero attached hydrogens (tertiary/aromatic N) is 2. The van der Waals surface area contributed by atoms with Crippen LogP contribution in [0.1, 0.15) is 27.7 Å². The molecule has 0 aliphatic heterocycles. The van der Waals surface area contributed by atoms with Gasteiger partial charge in [0.1, 0.15) is 22.6 Å². The summed E-state index contributed by atoms with van der Waals surface area (Å²) in [7, 11) is 0. The van der Waals surface area contributed by atoms with E-state index < -0.39 is 40.3 Å². The average Bonchev–Trinajstić information content (AvgIpc) is 3.09. The lowest BCUT2D eigenvalue weighted by atomic mass is 10.1. The van der Waals surface area contributed by atoms with Crippen molar-refractivity contribution in [2.75, 3.05) is 10.6 Å². The maximum Gasteiger partial charge on any atom is 0.417 e. The number of benzene rings is 2. The minimum atomic E-state index is -4.76. The molecule has 0 fully saturated rings. The van der Waals surface area contributed by atoms with Crippen LogP contribution >= 0.6 is 22.9 Å². The van der Waals surface area contributed by atoms with Gasteiger partial charge in [0, 0.05) is 11.3 Å². The maximum atomic E-state index is 13.3. The summed E-state index contributed by atoms with van der Waals surface area (Å²) in [6.45, 7) is 1.47. The SMILES string of the molecule is CC(C(N)=O)N(c1ccc(F)cc1)c1nc(N)c(C(=O)c2ccc(Cl)c(C(F)(F)F)c2)s1. The molecule has 0 spiro atoms. The fraction of sp³-hybridized carbons (Fsp3) is 0.150. The Labute approximate surface area is 188 Å². The van der Waals surface area contributed by atoms with E-state index >= 15 is 0 Å². The van der Waals surface area contributed by atoms with Crippen molar-refractivity contribution < 1.29 is 27.2 Å². The van der Waals surface area contributed by atoms with Crippen LogP contribution in [0.3, 0.4) is 0 Å². The van der Waals surface area contributed by atoms with Crippen LogP contribution in [0.25, 0.3) is 0 Å². The Kier molecular flexibility index (Phi) is 6.42. The summed E-state index contributed by atoms with van der Waals surface area (Å²) in [4.78, 5) is 30.0. The Hall–Kier alpha value is -3.18. The van der Waals surface area contributed by atoms with Gasteiger partial charge in [-0.05, 0) is 49.4 Å². The summed E-state index contributed by atoms with van der Waals surface area (Å²) in [5.41, 5.74) is 10.2. The van der Waals surface area contributed by atoms with Crippen LogP contribution in [-0.4, -0.2) is 22.7 Å². The highest BCUT2D eigenvalue weighted by molar-refractivity contribution is 7.18. The monoisotopic (exact) mass is 486 g/mol. The zero-order valence-electron chi connectivity index (χ0n) is 16.3. The lowest BCUT2D eigenvalue weighted by Gasteiger charge is -2.26. The van der Waals surface area contributed by atoms with E-state index in [2.05, 4.69) is 4.98 Å². The number of primary amides is 1. The highest BCUT2D eigenvalue weighted by atomic mass is 35.5. The third-order valence-electron chi connectivity index (χ3n) is 4.49. The fourth-order valence-electron chi connectivity index (χ4n) is 2.83. The molecule has 32 heavy (non-hydrogen) atoms. The molecule has 3 aromatic rings. The van der Waals surface area contributed by atoms with E-state index in [1.165, 1.54) is 24.0 Å². The molecule has 0 saturated heterocycles. The highest BCUT2D eigenvalue weighted by Gasteiger charge is 2.34. The number of carbonyl (C=O) groups excluding carboxylic acids is 2. The van der Waals surface area contributed by atoms with Crippen molar-refractivity contribution in [2.24, 2.45) is 5.73 Å². The van der Waals surface area contributed by atoms with Gasteiger partial charge < -0.3 is 16.4 Å². The van der Waals surface area contributed by atoms with Gasteiger partial charge in [0.15, 0.2) is 5.13 Å². The van der Waals surface area contributed by atoms with Gasteiger partial charge in [0.2, 0.25) is 11.7 Å².